The number of anilines is 1. The van der Waals surface area contributed by atoms with E-state index in [0.29, 0.717) is 24.2 Å². The maximum absolute atomic E-state index is 11.9. The van der Waals surface area contributed by atoms with Gasteiger partial charge in [-0.1, -0.05) is 6.07 Å². The van der Waals surface area contributed by atoms with Crippen molar-refractivity contribution in [2.75, 3.05) is 24.2 Å². The van der Waals surface area contributed by atoms with Crippen LogP contribution in [0.3, 0.4) is 0 Å². The van der Waals surface area contributed by atoms with Gasteiger partial charge in [-0.15, -0.1) is 0 Å². The highest BCUT2D eigenvalue weighted by atomic mass is 32.2. The van der Waals surface area contributed by atoms with Crippen LogP contribution in [0.4, 0.5) is 5.69 Å². The van der Waals surface area contributed by atoms with Crippen LogP contribution in [0.25, 0.3) is 0 Å². The fraction of sp³-hybridized carbons (Fsp3) is 0.429. The summed E-state index contributed by atoms with van der Waals surface area (Å²) >= 11 is 0. The lowest BCUT2D eigenvalue weighted by Gasteiger charge is -2.14. The van der Waals surface area contributed by atoms with Gasteiger partial charge in [0.2, 0.25) is 15.9 Å². The predicted molar refractivity (Wildman–Crippen MR) is 81.4 cm³/mol. The van der Waals surface area contributed by atoms with Crippen molar-refractivity contribution >= 4 is 27.6 Å². The number of amides is 1. The molecule has 2 N–H and O–H groups in total. The van der Waals surface area contributed by atoms with Gasteiger partial charge < -0.3 is 10.4 Å². The Morgan fingerprint density at radius 1 is 1.36 bits per heavy atom. The van der Waals surface area contributed by atoms with Gasteiger partial charge in [0.15, 0.2) is 0 Å². The van der Waals surface area contributed by atoms with Crippen molar-refractivity contribution in [3.63, 3.8) is 0 Å². The Bertz CT molecular complexity index is 699. The number of rotatable bonds is 5. The third-order valence-electron chi connectivity index (χ3n) is 3.54. The summed E-state index contributed by atoms with van der Waals surface area (Å²) in [4.78, 5) is 22.9. The van der Waals surface area contributed by atoms with E-state index < -0.39 is 16.0 Å². The van der Waals surface area contributed by atoms with E-state index in [1.165, 1.54) is 10.4 Å². The molecule has 1 aliphatic heterocycles. The SMILES string of the molecule is Cc1ccc(NC(=O)CCN2CCCS2(=O)=O)cc1C(=O)O. The molecular weight excluding hydrogens is 308 g/mol. The third-order valence-corrected chi connectivity index (χ3v) is 5.50. The van der Waals surface area contributed by atoms with Gasteiger partial charge in [0.1, 0.15) is 0 Å². The molecule has 0 radical (unpaired) electrons. The Morgan fingerprint density at radius 2 is 2.09 bits per heavy atom. The van der Waals surface area contributed by atoms with Crippen LogP contribution in [0.5, 0.6) is 0 Å². The van der Waals surface area contributed by atoms with Gasteiger partial charge in [0.05, 0.1) is 11.3 Å². The smallest absolute Gasteiger partial charge is 0.336 e. The van der Waals surface area contributed by atoms with E-state index in [4.69, 9.17) is 5.11 Å². The average Bonchev–Trinajstić information content (AvgIpc) is 2.77. The van der Waals surface area contributed by atoms with E-state index in [9.17, 15) is 18.0 Å². The van der Waals surface area contributed by atoms with E-state index in [2.05, 4.69) is 5.32 Å². The van der Waals surface area contributed by atoms with E-state index in [1.807, 2.05) is 0 Å². The molecule has 7 nitrogen and oxygen atoms in total. The molecule has 0 unspecified atom stereocenters. The number of hydrogen-bond acceptors (Lipinski definition) is 4. The lowest BCUT2D eigenvalue weighted by molar-refractivity contribution is -0.116. The van der Waals surface area contributed by atoms with Crippen molar-refractivity contribution in [3.05, 3.63) is 29.3 Å². The van der Waals surface area contributed by atoms with Gasteiger partial charge in [-0.05, 0) is 31.0 Å². The molecule has 0 spiro atoms. The highest BCUT2D eigenvalue weighted by Crippen LogP contribution is 2.17. The number of carbonyl (C=O) groups excluding carboxylic acids is 1. The summed E-state index contributed by atoms with van der Waals surface area (Å²) in [5, 5.41) is 11.6. The van der Waals surface area contributed by atoms with Crippen LogP contribution < -0.4 is 5.32 Å². The molecule has 8 heteroatoms. The van der Waals surface area contributed by atoms with Crippen LogP contribution in [-0.2, 0) is 14.8 Å². The largest absolute Gasteiger partial charge is 0.478 e. The van der Waals surface area contributed by atoms with E-state index in [1.54, 1.807) is 19.1 Å². The number of carbonyl (C=O) groups is 2. The summed E-state index contributed by atoms with van der Waals surface area (Å²) < 4.78 is 24.5. The van der Waals surface area contributed by atoms with Crippen LogP contribution in [0.2, 0.25) is 0 Å². The summed E-state index contributed by atoms with van der Waals surface area (Å²) in [6.07, 6.45) is 0.624. The predicted octanol–water partition coefficient (Wildman–Crippen LogP) is 1.06. The number of sulfonamides is 1. The van der Waals surface area contributed by atoms with E-state index in [0.717, 1.165) is 0 Å². The highest BCUT2D eigenvalue weighted by Gasteiger charge is 2.28. The van der Waals surface area contributed by atoms with Crippen molar-refractivity contribution in [1.29, 1.82) is 0 Å². The van der Waals surface area contributed by atoms with Gasteiger partial charge in [-0.2, -0.15) is 0 Å². The zero-order chi connectivity index (χ0) is 16.3. The summed E-state index contributed by atoms with van der Waals surface area (Å²) in [6.45, 7) is 2.27. The van der Waals surface area contributed by atoms with Crippen LogP contribution in [0.1, 0.15) is 28.8 Å². The molecule has 1 aromatic carbocycles. The number of carboxylic acid groups (broad SMARTS) is 1. The van der Waals surface area contributed by atoms with Crippen molar-refractivity contribution < 1.29 is 23.1 Å². The Hall–Kier alpha value is -1.93. The zero-order valence-corrected chi connectivity index (χ0v) is 13.0. The molecule has 0 aliphatic carbocycles. The van der Waals surface area contributed by atoms with Crippen LogP contribution >= 0.6 is 0 Å². The van der Waals surface area contributed by atoms with Crippen LogP contribution in [0, 0.1) is 6.92 Å². The van der Waals surface area contributed by atoms with Gasteiger partial charge in [0.25, 0.3) is 0 Å². The Kier molecular flexibility index (Phi) is 4.82. The highest BCUT2D eigenvalue weighted by molar-refractivity contribution is 7.89. The maximum Gasteiger partial charge on any atom is 0.336 e. The minimum atomic E-state index is -3.20. The lowest BCUT2D eigenvalue weighted by atomic mass is 10.1. The minimum Gasteiger partial charge on any atom is -0.478 e. The van der Waals surface area contributed by atoms with Crippen molar-refractivity contribution in [3.8, 4) is 0 Å². The Morgan fingerprint density at radius 3 is 2.68 bits per heavy atom. The standard InChI is InChI=1S/C14H18N2O5S/c1-10-3-4-11(9-12(10)14(18)19)15-13(17)5-7-16-6-2-8-22(16,20)21/h3-4,9H,2,5-8H2,1H3,(H,15,17)(H,18,19). The number of nitrogens with one attached hydrogen (secondary N) is 1. The normalized spacial score (nSPS) is 17.3. The lowest BCUT2D eigenvalue weighted by Crippen LogP contribution is -2.29. The molecule has 120 valence electrons. The zero-order valence-electron chi connectivity index (χ0n) is 12.2. The molecule has 1 fully saturated rings. The molecule has 1 aliphatic rings. The molecule has 1 saturated heterocycles. The summed E-state index contributed by atoms with van der Waals surface area (Å²) in [7, 11) is -3.20. The second-order valence-corrected chi connectivity index (χ2v) is 7.29. The number of carboxylic acids is 1. The number of hydrogen-bond donors (Lipinski definition) is 2. The maximum atomic E-state index is 11.9. The molecule has 1 aromatic rings. The van der Waals surface area contributed by atoms with Crippen LogP contribution in [-0.4, -0.2) is 48.5 Å². The fourth-order valence-corrected chi connectivity index (χ4v) is 3.85. The average molecular weight is 326 g/mol. The van der Waals surface area contributed by atoms with Gasteiger partial charge in [-0.25, -0.2) is 17.5 Å². The Balaban J connectivity index is 1.95. The molecule has 0 bridgehead atoms. The first-order valence-electron chi connectivity index (χ1n) is 6.91. The van der Waals surface area contributed by atoms with Gasteiger partial charge >= 0.3 is 5.97 Å². The molecule has 0 aromatic heterocycles. The van der Waals surface area contributed by atoms with Crippen LogP contribution in [0.15, 0.2) is 18.2 Å². The van der Waals surface area contributed by atoms with Gasteiger partial charge in [0, 0.05) is 25.2 Å². The Labute approximate surface area is 129 Å². The molecule has 2 rings (SSSR count). The monoisotopic (exact) mass is 326 g/mol. The van der Waals surface area contributed by atoms with Crippen molar-refractivity contribution in [2.24, 2.45) is 0 Å². The topological polar surface area (TPSA) is 104 Å². The fourth-order valence-electron chi connectivity index (χ4n) is 2.32. The number of nitrogens with zero attached hydrogens (tertiary/aromatic N) is 1. The summed E-state index contributed by atoms with van der Waals surface area (Å²) in [5.74, 6) is -1.27. The van der Waals surface area contributed by atoms with E-state index in [-0.39, 0.29) is 30.2 Å². The number of benzene rings is 1. The molecule has 0 saturated carbocycles. The van der Waals surface area contributed by atoms with Crippen molar-refractivity contribution in [1.82, 2.24) is 4.31 Å². The molecular formula is C14H18N2O5S. The molecule has 22 heavy (non-hydrogen) atoms. The first-order valence-corrected chi connectivity index (χ1v) is 8.52. The number of aromatic carboxylic acids is 1. The first-order chi connectivity index (χ1) is 10.3. The summed E-state index contributed by atoms with van der Waals surface area (Å²) in [5.41, 5.74) is 1.12. The van der Waals surface area contributed by atoms with Crippen molar-refractivity contribution in [2.45, 2.75) is 19.8 Å². The molecule has 1 heterocycles. The second-order valence-electron chi connectivity index (χ2n) is 5.20. The summed E-state index contributed by atoms with van der Waals surface area (Å²) in [6, 6.07) is 4.62. The molecule has 1 amide bonds. The van der Waals surface area contributed by atoms with Gasteiger partial charge in [-0.3, -0.25) is 4.79 Å². The number of aryl methyl sites for hydroxylation is 1. The van der Waals surface area contributed by atoms with E-state index >= 15 is 0 Å². The third kappa shape index (κ3) is 3.83. The second kappa shape index (κ2) is 6.45. The first kappa shape index (κ1) is 16.4. The minimum absolute atomic E-state index is 0.0372. The quantitative estimate of drug-likeness (QED) is 0.842. The molecule has 0 atom stereocenters.